The van der Waals surface area contributed by atoms with Crippen molar-refractivity contribution in [2.24, 2.45) is 5.10 Å². The molecule has 1 fully saturated rings. The van der Waals surface area contributed by atoms with Gasteiger partial charge in [-0.2, -0.15) is 5.10 Å². The zero-order valence-electron chi connectivity index (χ0n) is 10.0. The molecule has 0 aromatic heterocycles. The summed E-state index contributed by atoms with van der Waals surface area (Å²) in [6.45, 7) is 9.56. The Morgan fingerprint density at radius 2 is 2.06 bits per heavy atom. The van der Waals surface area contributed by atoms with Crippen LogP contribution >= 0.6 is 0 Å². The molecule has 1 heterocycles. The molecule has 1 saturated heterocycles. The van der Waals surface area contributed by atoms with Gasteiger partial charge in [0.2, 0.25) is 0 Å². The van der Waals surface area contributed by atoms with E-state index >= 15 is 0 Å². The van der Waals surface area contributed by atoms with Crippen molar-refractivity contribution in [3.05, 3.63) is 37.0 Å². The Labute approximate surface area is 98.2 Å². The van der Waals surface area contributed by atoms with Crippen molar-refractivity contribution in [1.29, 1.82) is 0 Å². The van der Waals surface area contributed by atoms with Crippen LogP contribution in [0.3, 0.4) is 0 Å². The monoisotopic (exact) mass is 219 g/mol. The number of hydrogen-bond acceptors (Lipinski definition) is 3. The molecule has 3 heteroatoms. The van der Waals surface area contributed by atoms with E-state index in [0.717, 1.165) is 31.5 Å². The van der Waals surface area contributed by atoms with Crippen LogP contribution in [0.1, 0.15) is 12.8 Å². The van der Waals surface area contributed by atoms with E-state index < -0.39 is 0 Å². The molecule has 1 rings (SSSR count). The van der Waals surface area contributed by atoms with Crippen molar-refractivity contribution < 1.29 is 0 Å². The number of hydrazone groups is 1. The highest BCUT2D eigenvalue weighted by Gasteiger charge is 2.15. The first-order chi connectivity index (χ1) is 7.77. The topological polar surface area (TPSA) is 27.6 Å². The SMILES string of the molecule is C=C/C=C(C=C)/C=N/N(C)C1CCNCC1. The van der Waals surface area contributed by atoms with Crippen LogP contribution in [0.15, 0.2) is 42.1 Å². The molecule has 0 atom stereocenters. The lowest BCUT2D eigenvalue weighted by Gasteiger charge is -2.29. The van der Waals surface area contributed by atoms with Crippen LogP contribution in [-0.2, 0) is 0 Å². The summed E-state index contributed by atoms with van der Waals surface area (Å²) < 4.78 is 0. The number of nitrogens with one attached hydrogen (secondary N) is 1. The molecule has 0 unspecified atom stereocenters. The predicted molar refractivity (Wildman–Crippen MR) is 70.6 cm³/mol. The summed E-state index contributed by atoms with van der Waals surface area (Å²) in [5.41, 5.74) is 0.982. The van der Waals surface area contributed by atoms with Gasteiger partial charge in [-0.25, -0.2) is 0 Å². The van der Waals surface area contributed by atoms with Gasteiger partial charge in [0.1, 0.15) is 0 Å². The largest absolute Gasteiger partial charge is 0.317 e. The van der Waals surface area contributed by atoms with Crippen molar-refractivity contribution in [2.45, 2.75) is 18.9 Å². The van der Waals surface area contributed by atoms with Gasteiger partial charge >= 0.3 is 0 Å². The first-order valence-corrected chi connectivity index (χ1v) is 5.70. The van der Waals surface area contributed by atoms with Crippen LogP contribution < -0.4 is 5.32 Å². The third-order valence-electron chi connectivity index (χ3n) is 2.77. The van der Waals surface area contributed by atoms with Crippen molar-refractivity contribution in [1.82, 2.24) is 10.3 Å². The van der Waals surface area contributed by atoms with Crippen LogP contribution in [0, 0.1) is 0 Å². The van der Waals surface area contributed by atoms with Gasteiger partial charge in [0.05, 0.1) is 6.21 Å². The predicted octanol–water partition coefficient (Wildman–Crippen LogP) is 1.95. The minimum Gasteiger partial charge on any atom is -0.317 e. The van der Waals surface area contributed by atoms with Gasteiger partial charge in [-0.3, -0.25) is 5.01 Å². The zero-order chi connectivity index (χ0) is 11.8. The lowest BCUT2D eigenvalue weighted by atomic mass is 10.1. The summed E-state index contributed by atoms with van der Waals surface area (Å²) in [4.78, 5) is 0. The first-order valence-electron chi connectivity index (χ1n) is 5.70. The third kappa shape index (κ3) is 4.03. The number of nitrogens with zero attached hydrogens (tertiary/aromatic N) is 2. The van der Waals surface area contributed by atoms with Crippen molar-refractivity contribution in [2.75, 3.05) is 20.1 Å². The molecule has 0 aliphatic carbocycles. The molecular formula is C13H21N3. The zero-order valence-corrected chi connectivity index (χ0v) is 10.0. The molecular weight excluding hydrogens is 198 g/mol. The molecule has 0 aromatic rings. The highest BCUT2D eigenvalue weighted by atomic mass is 15.4. The van der Waals surface area contributed by atoms with Crippen molar-refractivity contribution in [3.63, 3.8) is 0 Å². The Balaban J connectivity index is 2.50. The first kappa shape index (κ1) is 12.7. The van der Waals surface area contributed by atoms with E-state index in [1.165, 1.54) is 0 Å². The summed E-state index contributed by atoms with van der Waals surface area (Å²) >= 11 is 0. The quantitative estimate of drug-likeness (QED) is 0.435. The maximum absolute atomic E-state index is 4.43. The Morgan fingerprint density at radius 1 is 1.38 bits per heavy atom. The Kier molecular flexibility index (Phi) is 5.57. The lowest BCUT2D eigenvalue weighted by molar-refractivity contribution is 0.208. The highest BCUT2D eigenvalue weighted by molar-refractivity contribution is 5.82. The fourth-order valence-corrected chi connectivity index (χ4v) is 1.73. The minimum absolute atomic E-state index is 0.548. The van der Waals surface area contributed by atoms with Gasteiger partial charge in [0.15, 0.2) is 0 Å². The van der Waals surface area contributed by atoms with Gasteiger partial charge in [-0.15, -0.1) is 0 Å². The molecule has 88 valence electrons. The van der Waals surface area contributed by atoms with E-state index in [1.807, 2.05) is 24.3 Å². The highest BCUT2D eigenvalue weighted by Crippen LogP contribution is 2.09. The number of piperidine rings is 1. The standard InChI is InChI=1S/C13H21N3/c1-4-6-12(5-2)11-15-16(3)13-7-9-14-10-8-13/h4-6,11,13-14H,1-2,7-10H2,3H3/b12-6+,15-11+. The fraction of sp³-hybridized carbons (Fsp3) is 0.462. The molecule has 0 spiro atoms. The molecule has 0 radical (unpaired) electrons. The van der Waals surface area contributed by atoms with E-state index in [0.29, 0.717) is 6.04 Å². The summed E-state index contributed by atoms with van der Waals surface area (Å²) in [6.07, 6.45) is 9.56. The summed E-state index contributed by atoms with van der Waals surface area (Å²) in [5, 5.41) is 9.82. The Hall–Kier alpha value is -1.35. The maximum Gasteiger partial charge on any atom is 0.0542 e. The summed E-state index contributed by atoms with van der Waals surface area (Å²) in [5.74, 6) is 0. The maximum atomic E-state index is 4.43. The third-order valence-corrected chi connectivity index (χ3v) is 2.77. The summed E-state index contributed by atoms with van der Waals surface area (Å²) in [6, 6.07) is 0.548. The van der Waals surface area contributed by atoms with E-state index in [9.17, 15) is 0 Å². The smallest absolute Gasteiger partial charge is 0.0542 e. The minimum atomic E-state index is 0.548. The average Bonchev–Trinajstić information content (AvgIpc) is 2.35. The molecule has 3 nitrogen and oxygen atoms in total. The number of rotatable bonds is 5. The van der Waals surface area contributed by atoms with Gasteiger partial charge in [-0.1, -0.05) is 31.4 Å². The molecule has 0 saturated carbocycles. The van der Waals surface area contributed by atoms with Crippen LogP contribution in [0.25, 0.3) is 0 Å². The van der Waals surface area contributed by atoms with Crippen molar-refractivity contribution in [3.8, 4) is 0 Å². The molecule has 0 aromatic carbocycles. The second kappa shape index (κ2) is 7.01. The van der Waals surface area contributed by atoms with Crippen LogP contribution in [-0.4, -0.2) is 37.4 Å². The second-order valence-corrected chi connectivity index (χ2v) is 3.91. The van der Waals surface area contributed by atoms with E-state index in [1.54, 1.807) is 12.2 Å². The van der Waals surface area contributed by atoms with Gasteiger partial charge in [0.25, 0.3) is 0 Å². The van der Waals surface area contributed by atoms with Crippen LogP contribution in [0.5, 0.6) is 0 Å². The molecule has 1 aliphatic rings. The molecule has 0 bridgehead atoms. The Bertz CT molecular complexity index is 286. The molecule has 0 amide bonds. The number of allylic oxidation sites excluding steroid dienone is 4. The number of hydrogen-bond donors (Lipinski definition) is 1. The second-order valence-electron chi connectivity index (χ2n) is 3.91. The molecule has 1 aliphatic heterocycles. The van der Waals surface area contributed by atoms with E-state index in [-0.39, 0.29) is 0 Å². The van der Waals surface area contributed by atoms with E-state index in [2.05, 4.69) is 23.6 Å². The van der Waals surface area contributed by atoms with Gasteiger partial charge in [-0.05, 0) is 31.5 Å². The Morgan fingerprint density at radius 3 is 2.62 bits per heavy atom. The fourth-order valence-electron chi connectivity index (χ4n) is 1.73. The van der Waals surface area contributed by atoms with Crippen molar-refractivity contribution >= 4 is 6.21 Å². The van der Waals surface area contributed by atoms with Crippen LogP contribution in [0.2, 0.25) is 0 Å². The normalized spacial score (nSPS) is 18.7. The van der Waals surface area contributed by atoms with Gasteiger partial charge in [0, 0.05) is 13.1 Å². The molecule has 1 N–H and O–H groups in total. The molecule has 16 heavy (non-hydrogen) atoms. The average molecular weight is 219 g/mol. The summed E-state index contributed by atoms with van der Waals surface area (Å²) in [7, 11) is 2.03. The van der Waals surface area contributed by atoms with Gasteiger partial charge < -0.3 is 5.32 Å². The van der Waals surface area contributed by atoms with Crippen LogP contribution in [0.4, 0.5) is 0 Å². The van der Waals surface area contributed by atoms with E-state index in [4.69, 9.17) is 0 Å². The lowest BCUT2D eigenvalue weighted by Crippen LogP contribution is -2.38.